The SMILES string of the molecule is COCCNCCOC1CCNCC1. The largest absolute Gasteiger partial charge is 0.383 e. The van der Waals surface area contributed by atoms with Crippen molar-refractivity contribution in [1.82, 2.24) is 10.6 Å². The lowest BCUT2D eigenvalue weighted by Crippen LogP contribution is -2.34. The third kappa shape index (κ3) is 5.54. The Balaban J connectivity index is 1.82. The van der Waals surface area contributed by atoms with Crippen LogP contribution in [0.2, 0.25) is 0 Å². The van der Waals surface area contributed by atoms with Crippen LogP contribution in [0.15, 0.2) is 0 Å². The molecule has 1 heterocycles. The molecular formula is C10H22N2O2. The summed E-state index contributed by atoms with van der Waals surface area (Å²) >= 11 is 0. The molecule has 4 heteroatoms. The van der Waals surface area contributed by atoms with Gasteiger partial charge in [-0.2, -0.15) is 0 Å². The average molecular weight is 202 g/mol. The van der Waals surface area contributed by atoms with Gasteiger partial charge in [-0.3, -0.25) is 0 Å². The standard InChI is InChI=1S/C10H22N2O2/c1-13-8-6-12-7-9-14-10-2-4-11-5-3-10/h10-12H,2-9H2,1H3. The van der Waals surface area contributed by atoms with E-state index in [4.69, 9.17) is 9.47 Å². The molecule has 0 atom stereocenters. The second kappa shape index (κ2) is 8.17. The second-order valence-corrected chi connectivity index (χ2v) is 3.56. The van der Waals surface area contributed by atoms with Crippen LogP contribution in [0.5, 0.6) is 0 Å². The van der Waals surface area contributed by atoms with Gasteiger partial charge in [0.05, 0.1) is 19.3 Å². The predicted molar refractivity (Wildman–Crippen MR) is 56.6 cm³/mol. The summed E-state index contributed by atoms with van der Waals surface area (Å²) in [6, 6.07) is 0. The molecule has 0 bridgehead atoms. The van der Waals surface area contributed by atoms with Crippen molar-refractivity contribution in [1.29, 1.82) is 0 Å². The normalized spacial score (nSPS) is 18.6. The summed E-state index contributed by atoms with van der Waals surface area (Å²) in [4.78, 5) is 0. The molecule has 0 aromatic heterocycles. The molecule has 0 radical (unpaired) electrons. The fraction of sp³-hybridized carbons (Fsp3) is 1.00. The average Bonchev–Trinajstić information content (AvgIpc) is 2.25. The van der Waals surface area contributed by atoms with Gasteiger partial charge in [-0.05, 0) is 25.9 Å². The van der Waals surface area contributed by atoms with Gasteiger partial charge in [0.2, 0.25) is 0 Å². The fourth-order valence-corrected chi connectivity index (χ4v) is 1.56. The lowest BCUT2D eigenvalue weighted by Gasteiger charge is -2.22. The Kier molecular flexibility index (Phi) is 6.95. The molecule has 1 fully saturated rings. The summed E-state index contributed by atoms with van der Waals surface area (Å²) in [6.07, 6.45) is 2.77. The first-order valence-electron chi connectivity index (χ1n) is 5.45. The van der Waals surface area contributed by atoms with Crippen LogP contribution in [0.4, 0.5) is 0 Å². The molecule has 1 saturated heterocycles. The lowest BCUT2D eigenvalue weighted by molar-refractivity contribution is 0.0343. The van der Waals surface area contributed by atoms with Crippen molar-refractivity contribution in [3.63, 3.8) is 0 Å². The van der Waals surface area contributed by atoms with E-state index in [-0.39, 0.29) is 0 Å². The molecule has 2 N–H and O–H groups in total. The zero-order valence-corrected chi connectivity index (χ0v) is 9.05. The minimum absolute atomic E-state index is 0.473. The molecule has 0 aromatic rings. The first-order valence-corrected chi connectivity index (χ1v) is 5.45. The number of methoxy groups -OCH3 is 1. The molecule has 0 spiro atoms. The van der Waals surface area contributed by atoms with Gasteiger partial charge in [-0.15, -0.1) is 0 Å². The molecule has 0 saturated carbocycles. The number of nitrogens with one attached hydrogen (secondary N) is 2. The first kappa shape index (κ1) is 11.9. The monoisotopic (exact) mass is 202 g/mol. The Bertz CT molecular complexity index is 127. The Morgan fingerprint density at radius 2 is 1.93 bits per heavy atom. The molecule has 0 aliphatic carbocycles. The van der Waals surface area contributed by atoms with E-state index in [1.807, 2.05) is 0 Å². The zero-order valence-electron chi connectivity index (χ0n) is 9.05. The van der Waals surface area contributed by atoms with Crippen molar-refractivity contribution >= 4 is 0 Å². The van der Waals surface area contributed by atoms with Crippen molar-refractivity contribution < 1.29 is 9.47 Å². The summed E-state index contributed by atoms with van der Waals surface area (Å²) in [5.74, 6) is 0. The number of ether oxygens (including phenoxy) is 2. The third-order valence-electron chi connectivity index (χ3n) is 2.40. The number of hydrogen-bond donors (Lipinski definition) is 2. The van der Waals surface area contributed by atoms with Gasteiger partial charge in [0, 0.05) is 20.2 Å². The van der Waals surface area contributed by atoms with Crippen molar-refractivity contribution in [2.24, 2.45) is 0 Å². The quantitative estimate of drug-likeness (QED) is 0.570. The van der Waals surface area contributed by atoms with Gasteiger partial charge in [-0.1, -0.05) is 0 Å². The van der Waals surface area contributed by atoms with Crippen molar-refractivity contribution in [2.75, 3.05) is 46.5 Å². The summed E-state index contributed by atoms with van der Waals surface area (Å²) < 4.78 is 10.6. The van der Waals surface area contributed by atoms with E-state index in [0.29, 0.717) is 6.10 Å². The van der Waals surface area contributed by atoms with Gasteiger partial charge >= 0.3 is 0 Å². The second-order valence-electron chi connectivity index (χ2n) is 3.56. The van der Waals surface area contributed by atoms with Crippen LogP contribution in [-0.2, 0) is 9.47 Å². The van der Waals surface area contributed by atoms with E-state index < -0.39 is 0 Å². The Hall–Kier alpha value is -0.160. The molecule has 14 heavy (non-hydrogen) atoms. The van der Waals surface area contributed by atoms with Crippen molar-refractivity contribution in [2.45, 2.75) is 18.9 Å². The molecular weight excluding hydrogens is 180 g/mol. The van der Waals surface area contributed by atoms with Gasteiger partial charge in [0.15, 0.2) is 0 Å². The van der Waals surface area contributed by atoms with Gasteiger partial charge in [0.1, 0.15) is 0 Å². The van der Waals surface area contributed by atoms with Crippen LogP contribution in [0.3, 0.4) is 0 Å². The van der Waals surface area contributed by atoms with Crippen LogP contribution in [0.1, 0.15) is 12.8 Å². The molecule has 84 valence electrons. The zero-order chi connectivity index (χ0) is 10.1. The highest BCUT2D eigenvalue weighted by Crippen LogP contribution is 2.05. The summed E-state index contributed by atoms with van der Waals surface area (Å²) in [5.41, 5.74) is 0. The van der Waals surface area contributed by atoms with E-state index in [2.05, 4.69) is 10.6 Å². The molecule has 1 aliphatic heterocycles. The van der Waals surface area contributed by atoms with E-state index in [1.165, 1.54) is 0 Å². The maximum atomic E-state index is 5.72. The van der Waals surface area contributed by atoms with Crippen LogP contribution >= 0.6 is 0 Å². The minimum Gasteiger partial charge on any atom is -0.383 e. The molecule has 0 amide bonds. The maximum absolute atomic E-state index is 5.72. The number of piperidine rings is 1. The molecule has 1 aliphatic rings. The van der Waals surface area contributed by atoms with Gasteiger partial charge < -0.3 is 20.1 Å². The minimum atomic E-state index is 0.473. The number of rotatable bonds is 7. The molecule has 4 nitrogen and oxygen atoms in total. The molecule has 0 aromatic carbocycles. The summed E-state index contributed by atoms with van der Waals surface area (Å²) in [5, 5.41) is 6.58. The number of hydrogen-bond acceptors (Lipinski definition) is 4. The Morgan fingerprint density at radius 1 is 1.21 bits per heavy atom. The third-order valence-corrected chi connectivity index (χ3v) is 2.40. The highest BCUT2D eigenvalue weighted by atomic mass is 16.5. The van der Waals surface area contributed by atoms with Gasteiger partial charge in [0.25, 0.3) is 0 Å². The Morgan fingerprint density at radius 3 is 2.64 bits per heavy atom. The predicted octanol–water partition coefficient (Wildman–Crippen LogP) is -0.00900. The highest BCUT2D eigenvalue weighted by molar-refractivity contribution is 4.68. The van der Waals surface area contributed by atoms with Gasteiger partial charge in [-0.25, -0.2) is 0 Å². The summed E-state index contributed by atoms with van der Waals surface area (Å²) in [7, 11) is 1.72. The van der Waals surface area contributed by atoms with E-state index in [0.717, 1.165) is 52.2 Å². The van der Waals surface area contributed by atoms with Crippen molar-refractivity contribution in [3.8, 4) is 0 Å². The molecule has 1 rings (SSSR count). The molecule has 0 unspecified atom stereocenters. The van der Waals surface area contributed by atoms with Crippen molar-refractivity contribution in [3.05, 3.63) is 0 Å². The van der Waals surface area contributed by atoms with E-state index in [1.54, 1.807) is 7.11 Å². The topological polar surface area (TPSA) is 42.5 Å². The summed E-state index contributed by atoms with van der Waals surface area (Å²) in [6.45, 7) is 5.62. The van der Waals surface area contributed by atoms with E-state index in [9.17, 15) is 0 Å². The van der Waals surface area contributed by atoms with Crippen LogP contribution in [-0.4, -0.2) is 52.6 Å². The van der Waals surface area contributed by atoms with Crippen LogP contribution < -0.4 is 10.6 Å². The first-order chi connectivity index (χ1) is 6.93. The highest BCUT2D eigenvalue weighted by Gasteiger charge is 2.12. The maximum Gasteiger partial charge on any atom is 0.0600 e. The van der Waals surface area contributed by atoms with Crippen LogP contribution in [0.25, 0.3) is 0 Å². The Labute approximate surface area is 86.3 Å². The lowest BCUT2D eigenvalue weighted by atomic mass is 10.1. The van der Waals surface area contributed by atoms with Crippen LogP contribution in [0, 0.1) is 0 Å². The fourth-order valence-electron chi connectivity index (χ4n) is 1.56. The smallest absolute Gasteiger partial charge is 0.0600 e. The van der Waals surface area contributed by atoms with E-state index >= 15 is 0 Å².